The van der Waals surface area contributed by atoms with E-state index in [1.807, 2.05) is 24.3 Å². The van der Waals surface area contributed by atoms with Gasteiger partial charge in [-0.25, -0.2) is 0 Å². The summed E-state index contributed by atoms with van der Waals surface area (Å²) in [6.07, 6.45) is 3.38. The summed E-state index contributed by atoms with van der Waals surface area (Å²) in [5.41, 5.74) is 3.00. The Morgan fingerprint density at radius 3 is 2.59 bits per heavy atom. The van der Waals surface area contributed by atoms with E-state index in [2.05, 4.69) is 20.5 Å². The van der Waals surface area contributed by atoms with E-state index in [1.54, 1.807) is 30.6 Å². The zero-order valence-corrected chi connectivity index (χ0v) is 12.3. The molecular formula is C16H13ClN4O. The zero-order valence-electron chi connectivity index (χ0n) is 11.6. The van der Waals surface area contributed by atoms with Crippen molar-refractivity contribution in [1.82, 2.24) is 20.5 Å². The number of carbonyl (C=O) groups is 1. The molecule has 0 atom stereocenters. The molecule has 2 N–H and O–H groups in total. The minimum Gasteiger partial charge on any atom is -0.347 e. The van der Waals surface area contributed by atoms with Gasteiger partial charge >= 0.3 is 0 Å². The van der Waals surface area contributed by atoms with E-state index in [1.165, 1.54) is 0 Å². The first-order valence-electron chi connectivity index (χ1n) is 6.71. The van der Waals surface area contributed by atoms with Crippen molar-refractivity contribution in [3.05, 3.63) is 71.1 Å². The van der Waals surface area contributed by atoms with Gasteiger partial charge in [-0.1, -0.05) is 23.7 Å². The number of amides is 1. The van der Waals surface area contributed by atoms with Gasteiger partial charge in [-0.15, -0.1) is 0 Å². The van der Waals surface area contributed by atoms with Crippen molar-refractivity contribution < 1.29 is 4.79 Å². The number of hydrogen-bond acceptors (Lipinski definition) is 3. The third-order valence-electron chi connectivity index (χ3n) is 3.16. The van der Waals surface area contributed by atoms with Crippen LogP contribution >= 0.6 is 11.6 Å². The minimum atomic E-state index is -0.204. The number of halogens is 1. The molecule has 5 nitrogen and oxygen atoms in total. The maximum atomic E-state index is 12.1. The molecule has 1 aromatic carbocycles. The van der Waals surface area contributed by atoms with Crippen LogP contribution in [-0.2, 0) is 6.54 Å². The normalized spacial score (nSPS) is 10.4. The Morgan fingerprint density at radius 1 is 1.14 bits per heavy atom. The number of benzene rings is 1. The summed E-state index contributed by atoms with van der Waals surface area (Å²) in [5.74, 6) is -0.204. The van der Waals surface area contributed by atoms with Gasteiger partial charge in [0.15, 0.2) is 0 Å². The number of nitrogens with zero attached hydrogens (tertiary/aromatic N) is 2. The fourth-order valence-electron chi connectivity index (χ4n) is 1.98. The van der Waals surface area contributed by atoms with Crippen LogP contribution < -0.4 is 5.32 Å². The van der Waals surface area contributed by atoms with E-state index in [-0.39, 0.29) is 5.91 Å². The number of rotatable bonds is 4. The highest BCUT2D eigenvalue weighted by Gasteiger charge is 2.10. The molecule has 6 heteroatoms. The fourth-order valence-corrected chi connectivity index (χ4v) is 2.11. The van der Waals surface area contributed by atoms with Crippen LogP contribution in [0.1, 0.15) is 16.1 Å². The van der Waals surface area contributed by atoms with Gasteiger partial charge in [0, 0.05) is 29.5 Å². The number of nitrogens with one attached hydrogen (secondary N) is 2. The zero-order chi connectivity index (χ0) is 15.4. The highest BCUT2D eigenvalue weighted by Crippen LogP contribution is 2.20. The fraction of sp³-hybridized carbons (Fsp3) is 0.0625. The Kier molecular flexibility index (Phi) is 4.16. The second-order valence-electron chi connectivity index (χ2n) is 4.71. The van der Waals surface area contributed by atoms with Gasteiger partial charge in [0.05, 0.1) is 5.69 Å². The number of pyridine rings is 1. The maximum Gasteiger partial charge on any atom is 0.269 e. The standard InChI is InChI=1S/C16H13ClN4O/c17-13-3-1-12(2-4-13)14-9-15(21-20-14)16(22)19-10-11-5-7-18-8-6-11/h1-9H,10H2,(H,19,22)(H,20,21). The van der Waals surface area contributed by atoms with Crippen molar-refractivity contribution in [3.8, 4) is 11.3 Å². The Balaban J connectivity index is 1.68. The van der Waals surface area contributed by atoms with Crippen LogP contribution in [0.2, 0.25) is 5.02 Å². The largest absolute Gasteiger partial charge is 0.347 e. The van der Waals surface area contributed by atoms with Crippen molar-refractivity contribution in [3.63, 3.8) is 0 Å². The van der Waals surface area contributed by atoms with Gasteiger partial charge in [-0.2, -0.15) is 5.10 Å². The average molecular weight is 313 g/mol. The molecule has 0 saturated carbocycles. The van der Waals surface area contributed by atoms with Crippen LogP contribution in [0.4, 0.5) is 0 Å². The summed E-state index contributed by atoms with van der Waals surface area (Å²) in [6.45, 7) is 0.441. The van der Waals surface area contributed by atoms with Crippen LogP contribution in [0.3, 0.4) is 0 Å². The molecule has 3 rings (SSSR count). The Morgan fingerprint density at radius 2 is 1.86 bits per heavy atom. The maximum absolute atomic E-state index is 12.1. The molecule has 0 saturated heterocycles. The molecule has 2 heterocycles. The van der Waals surface area contributed by atoms with E-state index < -0.39 is 0 Å². The molecular weight excluding hydrogens is 300 g/mol. The molecule has 0 aliphatic heterocycles. The smallest absolute Gasteiger partial charge is 0.269 e. The molecule has 0 aliphatic rings. The van der Waals surface area contributed by atoms with Gasteiger partial charge in [0.2, 0.25) is 0 Å². The summed E-state index contributed by atoms with van der Waals surface area (Å²) in [5, 5.41) is 10.4. The lowest BCUT2D eigenvalue weighted by Crippen LogP contribution is -2.23. The molecule has 1 amide bonds. The molecule has 0 aliphatic carbocycles. The van der Waals surface area contributed by atoms with E-state index in [0.29, 0.717) is 23.0 Å². The minimum absolute atomic E-state index is 0.204. The molecule has 0 fully saturated rings. The third kappa shape index (κ3) is 3.32. The van der Waals surface area contributed by atoms with Gasteiger partial charge in [-0.05, 0) is 35.9 Å². The molecule has 110 valence electrons. The highest BCUT2D eigenvalue weighted by atomic mass is 35.5. The number of H-pyrrole nitrogens is 1. The Bertz CT molecular complexity index is 768. The number of carbonyl (C=O) groups excluding carboxylic acids is 1. The topological polar surface area (TPSA) is 70.7 Å². The predicted octanol–water partition coefficient (Wildman–Crippen LogP) is 3.06. The van der Waals surface area contributed by atoms with Gasteiger partial charge in [0.25, 0.3) is 5.91 Å². The summed E-state index contributed by atoms with van der Waals surface area (Å²) < 4.78 is 0. The van der Waals surface area contributed by atoms with Crippen LogP contribution in [0.15, 0.2) is 54.9 Å². The molecule has 0 radical (unpaired) electrons. The van der Waals surface area contributed by atoms with E-state index >= 15 is 0 Å². The first-order chi connectivity index (χ1) is 10.7. The first-order valence-corrected chi connectivity index (χ1v) is 7.08. The molecule has 2 aromatic heterocycles. The van der Waals surface area contributed by atoms with Gasteiger partial charge in [0.1, 0.15) is 5.69 Å². The highest BCUT2D eigenvalue weighted by molar-refractivity contribution is 6.30. The van der Waals surface area contributed by atoms with Crippen LogP contribution in [0, 0.1) is 0 Å². The summed E-state index contributed by atoms with van der Waals surface area (Å²) in [6, 6.07) is 12.7. The quantitative estimate of drug-likeness (QED) is 0.778. The first kappa shape index (κ1) is 14.3. The van der Waals surface area contributed by atoms with Crippen molar-refractivity contribution in [2.24, 2.45) is 0 Å². The van der Waals surface area contributed by atoms with Crippen molar-refractivity contribution in [2.75, 3.05) is 0 Å². The van der Waals surface area contributed by atoms with Crippen molar-refractivity contribution in [2.45, 2.75) is 6.54 Å². The second-order valence-corrected chi connectivity index (χ2v) is 5.15. The van der Waals surface area contributed by atoms with Crippen LogP contribution in [0.5, 0.6) is 0 Å². The molecule has 0 bridgehead atoms. The molecule has 3 aromatic rings. The van der Waals surface area contributed by atoms with Gasteiger partial charge < -0.3 is 5.32 Å². The molecule has 22 heavy (non-hydrogen) atoms. The lowest BCUT2D eigenvalue weighted by molar-refractivity contribution is 0.0946. The van der Waals surface area contributed by atoms with E-state index in [4.69, 9.17) is 11.6 Å². The Hall–Kier alpha value is -2.66. The third-order valence-corrected chi connectivity index (χ3v) is 3.42. The lowest BCUT2D eigenvalue weighted by Gasteiger charge is -2.02. The van der Waals surface area contributed by atoms with Crippen molar-refractivity contribution >= 4 is 17.5 Å². The Labute approximate surface area is 132 Å². The lowest BCUT2D eigenvalue weighted by atomic mass is 10.1. The summed E-state index contributed by atoms with van der Waals surface area (Å²) in [4.78, 5) is 16.0. The molecule has 0 unspecified atom stereocenters. The van der Waals surface area contributed by atoms with E-state index in [9.17, 15) is 4.79 Å². The summed E-state index contributed by atoms with van der Waals surface area (Å²) in [7, 11) is 0. The van der Waals surface area contributed by atoms with E-state index in [0.717, 1.165) is 11.1 Å². The molecule has 0 spiro atoms. The number of aromatic amines is 1. The monoisotopic (exact) mass is 312 g/mol. The predicted molar refractivity (Wildman–Crippen MR) is 84.4 cm³/mol. The van der Waals surface area contributed by atoms with Crippen molar-refractivity contribution in [1.29, 1.82) is 0 Å². The summed E-state index contributed by atoms with van der Waals surface area (Å²) >= 11 is 5.86. The van der Waals surface area contributed by atoms with Gasteiger partial charge in [-0.3, -0.25) is 14.9 Å². The SMILES string of the molecule is O=C(NCc1ccncc1)c1cc(-c2ccc(Cl)cc2)n[nH]1. The average Bonchev–Trinajstić information content (AvgIpc) is 3.04. The van der Waals surface area contributed by atoms with Crippen LogP contribution in [-0.4, -0.2) is 21.1 Å². The number of aromatic nitrogens is 3. The van der Waals surface area contributed by atoms with Crippen LogP contribution in [0.25, 0.3) is 11.3 Å². The number of hydrogen-bond donors (Lipinski definition) is 2. The second kappa shape index (κ2) is 6.41.